The van der Waals surface area contributed by atoms with Crippen molar-refractivity contribution in [1.82, 2.24) is 5.43 Å². The molecule has 112 valence electrons. The maximum Gasteiger partial charge on any atom is 0.337 e. The van der Waals surface area contributed by atoms with Crippen LogP contribution in [0, 0.1) is 0 Å². The standard InChI is InChI=1S/C16H15N3O3/c1-11(20)15(19-18-12-7-3-2-4-8-12)17-14-10-6-5-9-13(14)16(21)22/h2-10,18H,1H3,(H,17,19)(H,21,22). The van der Waals surface area contributed by atoms with Gasteiger partial charge in [-0.3, -0.25) is 15.6 Å². The highest BCUT2D eigenvalue weighted by molar-refractivity contribution is 6.38. The number of amidine groups is 1. The van der Waals surface area contributed by atoms with E-state index in [1.54, 1.807) is 12.1 Å². The van der Waals surface area contributed by atoms with Gasteiger partial charge in [-0.15, -0.1) is 0 Å². The first-order valence-electron chi connectivity index (χ1n) is 6.57. The molecule has 2 rings (SSSR count). The van der Waals surface area contributed by atoms with E-state index in [0.29, 0.717) is 0 Å². The van der Waals surface area contributed by atoms with Crippen LogP contribution in [0.1, 0.15) is 17.3 Å². The number of hydrazine groups is 1. The van der Waals surface area contributed by atoms with Gasteiger partial charge in [0.1, 0.15) is 0 Å². The van der Waals surface area contributed by atoms with Crippen LogP contribution in [-0.4, -0.2) is 22.7 Å². The quantitative estimate of drug-likeness (QED) is 0.448. The second-order valence-corrected chi connectivity index (χ2v) is 4.45. The number of para-hydroxylation sites is 2. The molecule has 0 saturated heterocycles. The third-order valence-electron chi connectivity index (χ3n) is 2.80. The molecule has 0 aliphatic rings. The molecule has 0 aromatic heterocycles. The highest BCUT2D eigenvalue weighted by Gasteiger charge is 2.11. The van der Waals surface area contributed by atoms with E-state index in [-0.39, 0.29) is 22.9 Å². The van der Waals surface area contributed by atoms with E-state index >= 15 is 0 Å². The van der Waals surface area contributed by atoms with Crippen LogP contribution in [0.5, 0.6) is 0 Å². The van der Waals surface area contributed by atoms with Crippen LogP contribution >= 0.6 is 0 Å². The summed E-state index contributed by atoms with van der Waals surface area (Å²) in [6.07, 6.45) is 0. The molecule has 0 atom stereocenters. The molecule has 0 bridgehead atoms. The molecular formula is C16H15N3O3. The van der Waals surface area contributed by atoms with Crippen LogP contribution in [0.25, 0.3) is 0 Å². The molecule has 6 nitrogen and oxygen atoms in total. The number of hydrogen-bond acceptors (Lipinski definition) is 4. The van der Waals surface area contributed by atoms with Gasteiger partial charge in [0.05, 0.1) is 16.9 Å². The SMILES string of the molecule is CC(=O)C(=Nc1ccccc1C(=O)O)NNc1ccccc1. The second-order valence-electron chi connectivity index (χ2n) is 4.45. The topological polar surface area (TPSA) is 90.8 Å². The lowest BCUT2D eigenvalue weighted by molar-refractivity contribution is -0.111. The van der Waals surface area contributed by atoms with Gasteiger partial charge in [-0.1, -0.05) is 30.3 Å². The lowest BCUT2D eigenvalue weighted by Crippen LogP contribution is -2.34. The first-order valence-corrected chi connectivity index (χ1v) is 6.57. The lowest BCUT2D eigenvalue weighted by Gasteiger charge is -2.10. The number of ketones is 1. The van der Waals surface area contributed by atoms with Crippen molar-refractivity contribution in [2.24, 2.45) is 4.99 Å². The number of hydrogen-bond donors (Lipinski definition) is 3. The molecule has 0 unspecified atom stereocenters. The molecule has 3 N–H and O–H groups in total. The molecule has 2 aromatic carbocycles. The van der Waals surface area contributed by atoms with E-state index in [2.05, 4.69) is 15.8 Å². The molecule has 0 spiro atoms. The number of carboxylic acid groups (broad SMARTS) is 1. The minimum Gasteiger partial charge on any atom is -0.478 e. The molecule has 0 radical (unpaired) electrons. The molecule has 6 heteroatoms. The van der Waals surface area contributed by atoms with Gasteiger partial charge in [-0.05, 0) is 24.3 Å². The molecule has 22 heavy (non-hydrogen) atoms. The van der Waals surface area contributed by atoms with Gasteiger partial charge in [0, 0.05) is 6.92 Å². The number of carbonyl (C=O) groups excluding carboxylic acids is 1. The molecule has 0 heterocycles. The van der Waals surface area contributed by atoms with Crippen molar-refractivity contribution in [2.75, 3.05) is 5.43 Å². The van der Waals surface area contributed by atoms with Gasteiger partial charge in [0.2, 0.25) is 0 Å². The summed E-state index contributed by atoms with van der Waals surface area (Å²) >= 11 is 0. The zero-order valence-corrected chi connectivity index (χ0v) is 11.9. The van der Waals surface area contributed by atoms with Crippen LogP contribution in [-0.2, 0) is 4.79 Å². The Morgan fingerprint density at radius 3 is 2.27 bits per heavy atom. The number of rotatable bonds is 5. The lowest BCUT2D eigenvalue weighted by atomic mass is 10.2. The summed E-state index contributed by atoms with van der Waals surface area (Å²) in [4.78, 5) is 26.9. The fourth-order valence-electron chi connectivity index (χ4n) is 1.72. The van der Waals surface area contributed by atoms with Gasteiger partial charge in [0.15, 0.2) is 11.6 Å². The van der Waals surface area contributed by atoms with Crippen molar-refractivity contribution >= 4 is 29.0 Å². The summed E-state index contributed by atoms with van der Waals surface area (Å²) in [5.41, 5.74) is 6.55. The third-order valence-corrected chi connectivity index (χ3v) is 2.80. The summed E-state index contributed by atoms with van der Waals surface area (Å²) in [5, 5.41) is 9.13. The Balaban J connectivity index is 2.25. The van der Waals surface area contributed by atoms with Crippen molar-refractivity contribution in [1.29, 1.82) is 0 Å². The number of benzene rings is 2. The van der Waals surface area contributed by atoms with E-state index in [9.17, 15) is 9.59 Å². The summed E-state index contributed by atoms with van der Waals surface area (Å²) in [5.74, 6) is -1.39. The van der Waals surface area contributed by atoms with Crippen molar-refractivity contribution in [3.05, 3.63) is 60.2 Å². The number of carbonyl (C=O) groups is 2. The number of aromatic carboxylic acids is 1. The van der Waals surface area contributed by atoms with Crippen molar-refractivity contribution in [2.45, 2.75) is 6.92 Å². The summed E-state index contributed by atoms with van der Waals surface area (Å²) < 4.78 is 0. The van der Waals surface area contributed by atoms with E-state index in [1.807, 2.05) is 30.3 Å². The molecule has 0 saturated carbocycles. The number of nitrogens with one attached hydrogen (secondary N) is 2. The number of anilines is 1. The zero-order valence-electron chi connectivity index (χ0n) is 11.9. The highest BCUT2D eigenvalue weighted by atomic mass is 16.4. The van der Waals surface area contributed by atoms with Crippen LogP contribution in [0.15, 0.2) is 59.6 Å². The van der Waals surface area contributed by atoms with E-state index in [4.69, 9.17) is 5.11 Å². The second kappa shape index (κ2) is 7.03. The predicted octanol–water partition coefficient (Wildman–Crippen LogP) is 2.62. The number of aliphatic imine (C=N–C) groups is 1. The maximum absolute atomic E-state index is 11.7. The number of nitrogens with zero attached hydrogens (tertiary/aromatic N) is 1. The van der Waals surface area contributed by atoms with Crippen LogP contribution in [0.3, 0.4) is 0 Å². The monoisotopic (exact) mass is 297 g/mol. The Labute approximate surface area is 127 Å². The minimum absolute atomic E-state index is 0.0255. The first-order chi connectivity index (χ1) is 10.6. The zero-order chi connectivity index (χ0) is 15.9. The highest BCUT2D eigenvalue weighted by Crippen LogP contribution is 2.18. The Morgan fingerprint density at radius 1 is 1.00 bits per heavy atom. The van der Waals surface area contributed by atoms with E-state index in [0.717, 1.165) is 5.69 Å². The van der Waals surface area contributed by atoms with Gasteiger partial charge in [0.25, 0.3) is 0 Å². The Hall–Kier alpha value is -3.15. The van der Waals surface area contributed by atoms with Crippen molar-refractivity contribution in [3.8, 4) is 0 Å². The summed E-state index contributed by atoms with van der Waals surface area (Å²) in [6, 6.07) is 15.4. The predicted molar refractivity (Wildman–Crippen MR) is 84.4 cm³/mol. The molecule has 2 aromatic rings. The average molecular weight is 297 g/mol. The van der Waals surface area contributed by atoms with Gasteiger partial charge >= 0.3 is 5.97 Å². The first kappa shape index (κ1) is 15.2. The Kier molecular flexibility index (Phi) is 4.87. The van der Waals surface area contributed by atoms with Crippen molar-refractivity contribution < 1.29 is 14.7 Å². The van der Waals surface area contributed by atoms with Gasteiger partial charge < -0.3 is 5.11 Å². The Bertz CT molecular complexity index is 712. The van der Waals surface area contributed by atoms with Gasteiger partial charge in [-0.2, -0.15) is 0 Å². The Morgan fingerprint density at radius 2 is 1.64 bits per heavy atom. The number of Topliss-reactive ketones (excluding diaryl/α,β-unsaturated/α-hetero) is 1. The normalized spacial score (nSPS) is 10.9. The average Bonchev–Trinajstić information content (AvgIpc) is 2.52. The molecule has 0 fully saturated rings. The summed E-state index contributed by atoms with van der Waals surface area (Å²) in [7, 11) is 0. The van der Waals surface area contributed by atoms with Crippen LogP contribution < -0.4 is 10.9 Å². The smallest absolute Gasteiger partial charge is 0.337 e. The fraction of sp³-hybridized carbons (Fsp3) is 0.0625. The minimum atomic E-state index is -1.10. The molecule has 0 aliphatic carbocycles. The van der Waals surface area contributed by atoms with Gasteiger partial charge in [-0.25, -0.2) is 9.79 Å². The molecule has 0 aliphatic heterocycles. The largest absolute Gasteiger partial charge is 0.478 e. The molecule has 0 amide bonds. The third kappa shape index (κ3) is 3.92. The van der Waals surface area contributed by atoms with Crippen LogP contribution in [0.2, 0.25) is 0 Å². The van der Waals surface area contributed by atoms with Crippen LogP contribution in [0.4, 0.5) is 11.4 Å². The molecular weight excluding hydrogens is 282 g/mol. The van der Waals surface area contributed by atoms with E-state index in [1.165, 1.54) is 19.1 Å². The number of carboxylic acids is 1. The fourth-order valence-corrected chi connectivity index (χ4v) is 1.72. The van der Waals surface area contributed by atoms with E-state index < -0.39 is 5.97 Å². The summed E-state index contributed by atoms with van der Waals surface area (Å²) in [6.45, 7) is 1.35. The van der Waals surface area contributed by atoms with Crippen molar-refractivity contribution in [3.63, 3.8) is 0 Å². The maximum atomic E-state index is 11.7.